The Labute approximate surface area is 139 Å². The van der Waals surface area contributed by atoms with Crippen molar-refractivity contribution in [1.82, 2.24) is 5.32 Å². The molecule has 0 bridgehead atoms. The van der Waals surface area contributed by atoms with Gasteiger partial charge in [-0.15, -0.1) is 0 Å². The Morgan fingerprint density at radius 2 is 1.95 bits per heavy atom. The first-order valence-corrected chi connectivity index (χ1v) is 8.12. The van der Waals surface area contributed by atoms with E-state index in [9.17, 15) is 4.79 Å². The van der Waals surface area contributed by atoms with E-state index in [2.05, 4.69) is 28.2 Å². The molecule has 1 atom stereocenters. The van der Waals surface area contributed by atoms with E-state index in [1.807, 2.05) is 55.5 Å². The zero-order chi connectivity index (χ0) is 15.9. The van der Waals surface area contributed by atoms with Gasteiger partial charge < -0.3 is 10.1 Å². The summed E-state index contributed by atoms with van der Waals surface area (Å²) < 4.78 is 6.60. The second-order valence-electron chi connectivity index (χ2n) is 5.14. The van der Waals surface area contributed by atoms with Crippen molar-refractivity contribution >= 4 is 21.8 Å². The first-order valence-electron chi connectivity index (χ1n) is 7.33. The Bertz CT molecular complexity index is 628. The number of amides is 1. The maximum absolute atomic E-state index is 12.1. The van der Waals surface area contributed by atoms with Crippen molar-refractivity contribution in [3.05, 3.63) is 64.1 Å². The van der Waals surface area contributed by atoms with Gasteiger partial charge in [0.2, 0.25) is 0 Å². The van der Waals surface area contributed by atoms with Crippen molar-refractivity contribution in [2.45, 2.75) is 26.3 Å². The highest BCUT2D eigenvalue weighted by atomic mass is 79.9. The number of halogens is 1. The van der Waals surface area contributed by atoms with Crippen LogP contribution in [-0.4, -0.2) is 12.5 Å². The highest BCUT2D eigenvalue weighted by Gasteiger charge is 2.13. The molecule has 0 aliphatic heterocycles. The van der Waals surface area contributed by atoms with Gasteiger partial charge in [-0.05, 0) is 42.7 Å². The SMILES string of the molecule is CCC(NC(=O)COc1ccc(Br)cc1C)c1ccccc1. The van der Waals surface area contributed by atoms with Crippen molar-refractivity contribution < 1.29 is 9.53 Å². The van der Waals surface area contributed by atoms with Gasteiger partial charge in [0.05, 0.1) is 6.04 Å². The van der Waals surface area contributed by atoms with Crippen molar-refractivity contribution in [3.8, 4) is 5.75 Å². The Kier molecular flexibility index (Phi) is 6.01. The summed E-state index contributed by atoms with van der Waals surface area (Å²) in [5, 5.41) is 3.01. The maximum Gasteiger partial charge on any atom is 0.258 e. The molecule has 0 aromatic heterocycles. The normalized spacial score (nSPS) is 11.8. The molecule has 0 saturated heterocycles. The second-order valence-corrected chi connectivity index (χ2v) is 6.05. The number of ether oxygens (including phenoxy) is 1. The fourth-order valence-corrected chi connectivity index (χ4v) is 2.74. The van der Waals surface area contributed by atoms with E-state index < -0.39 is 0 Å². The molecule has 1 amide bonds. The van der Waals surface area contributed by atoms with Gasteiger partial charge >= 0.3 is 0 Å². The first kappa shape index (κ1) is 16.6. The lowest BCUT2D eigenvalue weighted by atomic mass is 10.0. The molecule has 0 aliphatic rings. The van der Waals surface area contributed by atoms with Crippen LogP contribution in [0.3, 0.4) is 0 Å². The minimum absolute atomic E-state index is 0.0170. The van der Waals surface area contributed by atoms with Gasteiger partial charge in [-0.1, -0.05) is 53.2 Å². The van der Waals surface area contributed by atoms with E-state index in [1.165, 1.54) is 0 Å². The van der Waals surface area contributed by atoms with Gasteiger partial charge in [0.1, 0.15) is 5.75 Å². The third kappa shape index (κ3) is 4.60. The molecule has 0 saturated carbocycles. The lowest BCUT2D eigenvalue weighted by Crippen LogP contribution is -2.32. The fraction of sp³-hybridized carbons (Fsp3) is 0.278. The number of nitrogens with one attached hydrogen (secondary N) is 1. The summed E-state index contributed by atoms with van der Waals surface area (Å²) in [6.07, 6.45) is 0.840. The molecule has 0 radical (unpaired) electrons. The Hall–Kier alpha value is -1.81. The van der Waals surface area contributed by atoms with Crippen LogP contribution in [0.1, 0.15) is 30.5 Å². The average molecular weight is 362 g/mol. The van der Waals surface area contributed by atoms with Crippen LogP contribution in [0.5, 0.6) is 5.75 Å². The molecular formula is C18H20BrNO2. The highest BCUT2D eigenvalue weighted by Crippen LogP contribution is 2.22. The summed E-state index contributed by atoms with van der Waals surface area (Å²) in [7, 11) is 0. The van der Waals surface area contributed by atoms with Crippen LogP contribution in [-0.2, 0) is 4.79 Å². The zero-order valence-corrected chi connectivity index (χ0v) is 14.4. The summed E-state index contributed by atoms with van der Waals surface area (Å²) >= 11 is 3.41. The number of hydrogen-bond donors (Lipinski definition) is 1. The lowest BCUT2D eigenvalue weighted by Gasteiger charge is -2.18. The number of benzene rings is 2. The second kappa shape index (κ2) is 7.99. The number of aryl methyl sites for hydroxylation is 1. The molecule has 116 valence electrons. The standard InChI is InChI=1S/C18H20BrNO2/c1-3-16(14-7-5-4-6-8-14)20-18(21)12-22-17-10-9-15(19)11-13(17)2/h4-11,16H,3,12H2,1-2H3,(H,20,21). The largest absolute Gasteiger partial charge is 0.484 e. The first-order chi connectivity index (χ1) is 10.6. The summed E-state index contributed by atoms with van der Waals surface area (Å²) in [5.41, 5.74) is 2.11. The third-order valence-electron chi connectivity index (χ3n) is 3.44. The van der Waals surface area contributed by atoms with Crippen molar-refractivity contribution in [1.29, 1.82) is 0 Å². The molecule has 2 aromatic rings. The molecule has 0 fully saturated rings. The molecule has 2 rings (SSSR count). The van der Waals surface area contributed by atoms with E-state index in [0.717, 1.165) is 27.8 Å². The van der Waals surface area contributed by atoms with Gasteiger partial charge in [-0.25, -0.2) is 0 Å². The van der Waals surface area contributed by atoms with Crippen molar-refractivity contribution in [3.63, 3.8) is 0 Å². The lowest BCUT2D eigenvalue weighted by molar-refractivity contribution is -0.123. The summed E-state index contributed by atoms with van der Waals surface area (Å²) in [5.74, 6) is 0.615. The molecule has 2 aromatic carbocycles. The Morgan fingerprint density at radius 1 is 1.23 bits per heavy atom. The van der Waals surface area contributed by atoms with E-state index in [1.54, 1.807) is 0 Å². The molecule has 0 spiro atoms. The molecule has 1 unspecified atom stereocenters. The van der Waals surface area contributed by atoms with E-state index >= 15 is 0 Å². The van der Waals surface area contributed by atoms with Crippen LogP contribution in [0.25, 0.3) is 0 Å². The van der Waals surface area contributed by atoms with Gasteiger partial charge in [-0.3, -0.25) is 4.79 Å². The molecule has 0 aliphatic carbocycles. The maximum atomic E-state index is 12.1. The number of carbonyl (C=O) groups excluding carboxylic acids is 1. The predicted molar refractivity (Wildman–Crippen MR) is 92.0 cm³/mol. The third-order valence-corrected chi connectivity index (χ3v) is 3.93. The van der Waals surface area contributed by atoms with Crippen molar-refractivity contribution in [2.24, 2.45) is 0 Å². The molecule has 3 nitrogen and oxygen atoms in total. The van der Waals surface area contributed by atoms with E-state index in [-0.39, 0.29) is 18.6 Å². The summed E-state index contributed by atoms with van der Waals surface area (Å²) in [6, 6.07) is 15.7. The van der Waals surface area contributed by atoms with Gasteiger partial charge in [0.25, 0.3) is 5.91 Å². The van der Waals surface area contributed by atoms with E-state index in [0.29, 0.717) is 0 Å². The minimum atomic E-state index is -0.113. The molecular weight excluding hydrogens is 342 g/mol. The number of rotatable bonds is 6. The van der Waals surface area contributed by atoms with Crippen LogP contribution >= 0.6 is 15.9 Å². The van der Waals surface area contributed by atoms with Gasteiger partial charge in [0.15, 0.2) is 6.61 Å². The Balaban J connectivity index is 1.92. The van der Waals surface area contributed by atoms with Crippen LogP contribution in [0, 0.1) is 6.92 Å². The van der Waals surface area contributed by atoms with Crippen molar-refractivity contribution in [2.75, 3.05) is 6.61 Å². The Morgan fingerprint density at radius 3 is 2.59 bits per heavy atom. The summed E-state index contributed by atoms with van der Waals surface area (Å²) in [4.78, 5) is 12.1. The van der Waals surface area contributed by atoms with Crippen LogP contribution in [0.2, 0.25) is 0 Å². The van der Waals surface area contributed by atoms with Gasteiger partial charge in [0, 0.05) is 4.47 Å². The van der Waals surface area contributed by atoms with Crippen LogP contribution in [0.15, 0.2) is 53.0 Å². The fourth-order valence-electron chi connectivity index (χ4n) is 2.26. The van der Waals surface area contributed by atoms with Gasteiger partial charge in [-0.2, -0.15) is 0 Å². The smallest absolute Gasteiger partial charge is 0.258 e. The minimum Gasteiger partial charge on any atom is -0.484 e. The quantitative estimate of drug-likeness (QED) is 0.827. The number of carbonyl (C=O) groups is 1. The topological polar surface area (TPSA) is 38.3 Å². The number of hydrogen-bond acceptors (Lipinski definition) is 2. The van der Waals surface area contributed by atoms with Crippen LogP contribution in [0.4, 0.5) is 0 Å². The van der Waals surface area contributed by atoms with E-state index in [4.69, 9.17) is 4.74 Å². The molecule has 4 heteroatoms. The zero-order valence-electron chi connectivity index (χ0n) is 12.8. The molecule has 1 N–H and O–H groups in total. The predicted octanol–water partition coefficient (Wildman–Crippen LogP) is 4.40. The highest BCUT2D eigenvalue weighted by molar-refractivity contribution is 9.10. The van der Waals surface area contributed by atoms with Crippen LogP contribution < -0.4 is 10.1 Å². The molecule has 0 heterocycles. The average Bonchev–Trinajstić information content (AvgIpc) is 2.52. The molecule has 22 heavy (non-hydrogen) atoms. The summed E-state index contributed by atoms with van der Waals surface area (Å²) in [6.45, 7) is 4.03. The monoisotopic (exact) mass is 361 g/mol.